The highest BCUT2D eigenvalue weighted by molar-refractivity contribution is 9.11. The zero-order chi connectivity index (χ0) is 14.8. The molecule has 1 unspecified atom stereocenters. The number of benzene rings is 2. The maximum absolute atomic E-state index is 3.67. The third-order valence-corrected chi connectivity index (χ3v) is 6.16. The van der Waals surface area contributed by atoms with Gasteiger partial charge in [-0.1, -0.05) is 53.2 Å². The van der Waals surface area contributed by atoms with E-state index in [0.29, 0.717) is 0 Å². The van der Waals surface area contributed by atoms with Crippen molar-refractivity contribution in [1.29, 1.82) is 0 Å². The van der Waals surface area contributed by atoms with Crippen molar-refractivity contribution in [2.45, 2.75) is 13.0 Å². The van der Waals surface area contributed by atoms with Gasteiger partial charge in [0.25, 0.3) is 0 Å². The van der Waals surface area contributed by atoms with Crippen LogP contribution in [0.15, 0.2) is 56.8 Å². The van der Waals surface area contributed by atoms with Crippen molar-refractivity contribution < 1.29 is 0 Å². The minimum absolute atomic E-state index is 0.211. The highest BCUT2D eigenvalue weighted by Gasteiger charge is 2.19. The molecular formula is C17H15Br2NS. The largest absolute Gasteiger partial charge is 0.306 e. The second-order valence-corrected chi connectivity index (χ2v) is 7.46. The zero-order valence-electron chi connectivity index (χ0n) is 11.6. The van der Waals surface area contributed by atoms with E-state index in [0.717, 1.165) is 11.0 Å². The van der Waals surface area contributed by atoms with Crippen molar-refractivity contribution in [3.05, 3.63) is 67.2 Å². The Kier molecular flexibility index (Phi) is 4.79. The van der Waals surface area contributed by atoms with E-state index < -0.39 is 0 Å². The van der Waals surface area contributed by atoms with Gasteiger partial charge in [-0.25, -0.2) is 0 Å². The average molecular weight is 425 g/mol. The van der Waals surface area contributed by atoms with Gasteiger partial charge in [0.15, 0.2) is 0 Å². The molecule has 0 aliphatic carbocycles. The van der Waals surface area contributed by atoms with Crippen LogP contribution in [0.3, 0.4) is 0 Å². The number of halogens is 2. The molecule has 4 heteroatoms. The smallest absolute Gasteiger partial charge is 0.0688 e. The molecule has 21 heavy (non-hydrogen) atoms. The second-order valence-electron chi connectivity index (χ2n) is 4.81. The Balaban J connectivity index is 2.21. The Hall–Kier alpha value is -0.680. The van der Waals surface area contributed by atoms with Gasteiger partial charge in [0.2, 0.25) is 0 Å². The molecule has 1 aromatic heterocycles. The van der Waals surface area contributed by atoms with E-state index in [1.165, 1.54) is 25.7 Å². The summed E-state index contributed by atoms with van der Waals surface area (Å²) in [5.41, 5.74) is 1.32. The van der Waals surface area contributed by atoms with Crippen LogP contribution in [-0.4, -0.2) is 6.54 Å². The van der Waals surface area contributed by atoms with Gasteiger partial charge in [0.1, 0.15) is 0 Å². The minimum Gasteiger partial charge on any atom is -0.306 e. The molecule has 0 aliphatic heterocycles. The molecule has 0 saturated carbocycles. The van der Waals surface area contributed by atoms with Gasteiger partial charge in [-0.2, -0.15) is 0 Å². The van der Waals surface area contributed by atoms with Crippen molar-refractivity contribution in [2.75, 3.05) is 6.54 Å². The predicted octanol–water partition coefficient (Wildman–Crippen LogP) is 6.13. The molecule has 3 rings (SSSR count). The number of hydrogen-bond acceptors (Lipinski definition) is 2. The van der Waals surface area contributed by atoms with Gasteiger partial charge in [0, 0.05) is 13.8 Å². The normalized spacial score (nSPS) is 12.7. The molecule has 3 aromatic rings. The number of thiophene rings is 1. The van der Waals surface area contributed by atoms with Gasteiger partial charge >= 0.3 is 0 Å². The molecule has 0 bridgehead atoms. The maximum Gasteiger partial charge on any atom is 0.0688 e. The quantitative estimate of drug-likeness (QED) is 0.531. The van der Waals surface area contributed by atoms with E-state index in [1.807, 2.05) is 0 Å². The maximum atomic E-state index is 3.67. The Labute approximate surface area is 145 Å². The van der Waals surface area contributed by atoms with Crippen LogP contribution >= 0.6 is 43.2 Å². The van der Waals surface area contributed by atoms with Crippen LogP contribution in [0.5, 0.6) is 0 Å². The number of fused-ring (bicyclic) bond motifs is 1. The first-order valence-electron chi connectivity index (χ1n) is 6.85. The fraction of sp³-hybridized carbons (Fsp3) is 0.176. The molecule has 1 N–H and O–H groups in total. The highest BCUT2D eigenvalue weighted by Crippen LogP contribution is 2.37. The molecule has 0 spiro atoms. The predicted molar refractivity (Wildman–Crippen MR) is 99.2 cm³/mol. The molecule has 0 fully saturated rings. The summed E-state index contributed by atoms with van der Waals surface area (Å²) in [5, 5.41) is 8.29. The van der Waals surface area contributed by atoms with E-state index in [4.69, 9.17) is 0 Å². The third-order valence-electron chi connectivity index (χ3n) is 3.53. The van der Waals surface area contributed by atoms with Crippen LogP contribution < -0.4 is 5.32 Å². The number of rotatable bonds is 4. The van der Waals surface area contributed by atoms with E-state index in [2.05, 4.69) is 91.9 Å². The van der Waals surface area contributed by atoms with Gasteiger partial charge in [-0.15, -0.1) is 11.3 Å². The van der Waals surface area contributed by atoms with Gasteiger partial charge in [-0.05, 0) is 56.3 Å². The molecule has 1 heterocycles. The van der Waals surface area contributed by atoms with E-state index in [-0.39, 0.29) is 6.04 Å². The van der Waals surface area contributed by atoms with Crippen molar-refractivity contribution in [3.8, 4) is 0 Å². The van der Waals surface area contributed by atoms with Crippen LogP contribution in [0.1, 0.15) is 23.4 Å². The minimum atomic E-state index is 0.211. The molecule has 1 atom stereocenters. The molecule has 0 amide bonds. The van der Waals surface area contributed by atoms with E-state index in [1.54, 1.807) is 11.3 Å². The summed E-state index contributed by atoms with van der Waals surface area (Å²) in [4.78, 5) is 1.32. The number of nitrogens with one attached hydrogen (secondary N) is 1. The molecule has 0 radical (unpaired) electrons. The summed E-state index contributed by atoms with van der Waals surface area (Å²) < 4.78 is 2.31. The first-order chi connectivity index (χ1) is 10.2. The standard InChI is InChI=1S/C17H15Br2NS/c1-2-20-16(17-15(19)9-10-21-17)13-7-8-14(18)12-6-4-3-5-11(12)13/h3-10,16,20H,2H2,1H3. The van der Waals surface area contributed by atoms with Crippen molar-refractivity contribution in [2.24, 2.45) is 0 Å². The summed E-state index contributed by atoms with van der Waals surface area (Å²) in [5.74, 6) is 0. The van der Waals surface area contributed by atoms with E-state index >= 15 is 0 Å². The van der Waals surface area contributed by atoms with Crippen molar-refractivity contribution in [3.63, 3.8) is 0 Å². The lowest BCUT2D eigenvalue weighted by molar-refractivity contribution is 0.642. The summed E-state index contributed by atoms with van der Waals surface area (Å²) >= 11 is 9.11. The van der Waals surface area contributed by atoms with Gasteiger partial charge < -0.3 is 5.32 Å². The molecular weight excluding hydrogens is 410 g/mol. The first-order valence-corrected chi connectivity index (χ1v) is 9.32. The highest BCUT2D eigenvalue weighted by atomic mass is 79.9. The molecule has 108 valence electrons. The summed E-state index contributed by atoms with van der Waals surface area (Å²) in [6.07, 6.45) is 0. The topological polar surface area (TPSA) is 12.0 Å². The summed E-state index contributed by atoms with van der Waals surface area (Å²) in [6.45, 7) is 3.08. The summed E-state index contributed by atoms with van der Waals surface area (Å²) in [6, 6.07) is 15.2. The van der Waals surface area contributed by atoms with Crippen LogP contribution in [0.25, 0.3) is 10.8 Å². The fourth-order valence-electron chi connectivity index (χ4n) is 2.60. The lowest BCUT2D eigenvalue weighted by Gasteiger charge is -2.20. The van der Waals surface area contributed by atoms with Crippen LogP contribution in [0.2, 0.25) is 0 Å². The Bertz CT molecular complexity index is 766. The Morgan fingerprint density at radius 3 is 2.43 bits per heavy atom. The van der Waals surface area contributed by atoms with Gasteiger partial charge in [-0.3, -0.25) is 0 Å². The van der Waals surface area contributed by atoms with Gasteiger partial charge in [0.05, 0.1) is 6.04 Å². The number of hydrogen-bond donors (Lipinski definition) is 1. The molecule has 0 saturated heterocycles. The zero-order valence-corrected chi connectivity index (χ0v) is 15.6. The fourth-order valence-corrected chi connectivity index (χ4v) is 4.77. The van der Waals surface area contributed by atoms with Crippen molar-refractivity contribution >= 4 is 54.0 Å². The van der Waals surface area contributed by atoms with Crippen molar-refractivity contribution in [1.82, 2.24) is 5.32 Å². The second kappa shape index (κ2) is 6.61. The molecule has 1 nitrogen and oxygen atoms in total. The van der Waals surface area contributed by atoms with Crippen LogP contribution in [0.4, 0.5) is 0 Å². The van der Waals surface area contributed by atoms with Crippen LogP contribution in [-0.2, 0) is 0 Å². The average Bonchev–Trinajstić information content (AvgIpc) is 2.92. The summed E-state index contributed by atoms with van der Waals surface area (Å²) in [7, 11) is 0. The lowest BCUT2D eigenvalue weighted by atomic mass is 9.97. The SMILES string of the molecule is CCNC(c1sccc1Br)c1ccc(Br)c2ccccc12. The molecule has 0 aliphatic rings. The van der Waals surface area contributed by atoms with E-state index in [9.17, 15) is 0 Å². The van der Waals surface area contributed by atoms with Crippen LogP contribution in [0, 0.1) is 0 Å². The first kappa shape index (κ1) is 15.2. The third kappa shape index (κ3) is 2.95. The lowest BCUT2D eigenvalue weighted by Crippen LogP contribution is -2.21. The Morgan fingerprint density at radius 2 is 1.76 bits per heavy atom. The molecule has 2 aromatic carbocycles. The monoisotopic (exact) mass is 423 g/mol. The Morgan fingerprint density at radius 1 is 1.00 bits per heavy atom.